The second-order valence-electron chi connectivity index (χ2n) is 5.96. The van der Waals surface area contributed by atoms with E-state index in [0.717, 1.165) is 32.2 Å². The van der Waals surface area contributed by atoms with E-state index in [1.807, 2.05) is 11.4 Å². The molecule has 4 heteroatoms. The van der Waals surface area contributed by atoms with Gasteiger partial charge < -0.3 is 4.90 Å². The van der Waals surface area contributed by atoms with Crippen molar-refractivity contribution in [3.8, 4) is 0 Å². The maximum atomic E-state index is 12.3. The van der Waals surface area contributed by atoms with Gasteiger partial charge in [0, 0.05) is 37.1 Å². The average Bonchev–Trinajstić information content (AvgIpc) is 3.01. The van der Waals surface area contributed by atoms with Crippen molar-refractivity contribution in [2.75, 3.05) is 26.2 Å². The Labute approximate surface area is 125 Å². The Morgan fingerprint density at radius 1 is 1.15 bits per heavy atom. The van der Waals surface area contributed by atoms with Crippen LogP contribution in [0.2, 0.25) is 0 Å². The smallest absolute Gasteiger partial charge is 0.227 e. The van der Waals surface area contributed by atoms with Gasteiger partial charge in [-0.3, -0.25) is 9.69 Å². The van der Waals surface area contributed by atoms with Gasteiger partial charge in [0.25, 0.3) is 0 Å². The average molecular weight is 292 g/mol. The van der Waals surface area contributed by atoms with Crippen molar-refractivity contribution in [3.63, 3.8) is 0 Å². The van der Waals surface area contributed by atoms with Crippen molar-refractivity contribution < 1.29 is 4.79 Å². The molecule has 0 atom stereocenters. The minimum absolute atomic E-state index is 0.302. The van der Waals surface area contributed by atoms with E-state index in [1.54, 1.807) is 11.3 Å². The van der Waals surface area contributed by atoms with Crippen LogP contribution in [-0.2, 0) is 11.2 Å². The summed E-state index contributed by atoms with van der Waals surface area (Å²) in [5.41, 5.74) is 0. The molecule has 1 aromatic heterocycles. The Hall–Kier alpha value is -0.870. The Morgan fingerprint density at radius 3 is 2.55 bits per heavy atom. The van der Waals surface area contributed by atoms with Crippen LogP contribution in [0, 0.1) is 0 Å². The zero-order chi connectivity index (χ0) is 13.8. The molecule has 1 saturated carbocycles. The van der Waals surface area contributed by atoms with Crippen LogP contribution in [0.4, 0.5) is 0 Å². The molecule has 1 aromatic rings. The predicted molar refractivity (Wildman–Crippen MR) is 83.0 cm³/mol. The van der Waals surface area contributed by atoms with E-state index >= 15 is 0 Å². The summed E-state index contributed by atoms with van der Waals surface area (Å²) >= 11 is 1.68. The molecule has 1 aliphatic heterocycles. The highest BCUT2D eigenvalue weighted by atomic mass is 32.1. The molecule has 1 saturated heterocycles. The SMILES string of the molecule is O=C(Cc1cccs1)N1CCN(C2CCCCC2)CC1. The third kappa shape index (κ3) is 3.41. The minimum atomic E-state index is 0.302. The van der Waals surface area contributed by atoms with Crippen LogP contribution in [0.3, 0.4) is 0 Å². The third-order valence-electron chi connectivity index (χ3n) is 4.66. The van der Waals surface area contributed by atoms with Crippen molar-refractivity contribution in [2.24, 2.45) is 0 Å². The molecule has 1 amide bonds. The highest BCUT2D eigenvalue weighted by molar-refractivity contribution is 7.10. The molecule has 2 aliphatic rings. The molecule has 3 rings (SSSR count). The quantitative estimate of drug-likeness (QED) is 0.855. The second kappa shape index (κ2) is 6.72. The summed E-state index contributed by atoms with van der Waals surface area (Å²) in [7, 11) is 0. The number of piperazine rings is 1. The van der Waals surface area contributed by atoms with Crippen molar-refractivity contribution in [1.82, 2.24) is 9.80 Å². The highest BCUT2D eigenvalue weighted by Crippen LogP contribution is 2.23. The lowest BCUT2D eigenvalue weighted by Crippen LogP contribution is -2.52. The van der Waals surface area contributed by atoms with Crippen LogP contribution < -0.4 is 0 Å². The Bertz CT molecular complexity index is 418. The molecular weight excluding hydrogens is 268 g/mol. The highest BCUT2D eigenvalue weighted by Gasteiger charge is 2.26. The molecule has 110 valence electrons. The van der Waals surface area contributed by atoms with E-state index in [9.17, 15) is 4.79 Å². The van der Waals surface area contributed by atoms with Gasteiger partial charge in [-0.05, 0) is 24.3 Å². The topological polar surface area (TPSA) is 23.6 Å². The zero-order valence-corrected chi connectivity index (χ0v) is 12.9. The summed E-state index contributed by atoms with van der Waals surface area (Å²) in [6.07, 6.45) is 7.51. The number of hydrogen-bond donors (Lipinski definition) is 0. The zero-order valence-electron chi connectivity index (χ0n) is 12.1. The van der Waals surface area contributed by atoms with Crippen molar-refractivity contribution in [2.45, 2.75) is 44.6 Å². The Balaban J connectivity index is 1.46. The van der Waals surface area contributed by atoms with Crippen molar-refractivity contribution in [3.05, 3.63) is 22.4 Å². The van der Waals surface area contributed by atoms with Gasteiger partial charge in [-0.25, -0.2) is 0 Å². The van der Waals surface area contributed by atoms with Gasteiger partial charge >= 0.3 is 0 Å². The molecule has 0 aromatic carbocycles. The fourth-order valence-electron chi connectivity index (χ4n) is 3.46. The largest absolute Gasteiger partial charge is 0.340 e. The molecule has 0 unspecified atom stereocenters. The minimum Gasteiger partial charge on any atom is -0.340 e. The Morgan fingerprint density at radius 2 is 1.90 bits per heavy atom. The fourth-order valence-corrected chi connectivity index (χ4v) is 4.15. The lowest BCUT2D eigenvalue weighted by Gasteiger charge is -2.40. The van der Waals surface area contributed by atoms with Gasteiger partial charge in [0.15, 0.2) is 0 Å². The molecular formula is C16H24N2OS. The predicted octanol–water partition coefficient (Wildman–Crippen LogP) is 2.77. The molecule has 0 radical (unpaired) electrons. The maximum absolute atomic E-state index is 12.3. The van der Waals surface area contributed by atoms with E-state index < -0.39 is 0 Å². The van der Waals surface area contributed by atoms with Gasteiger partial charge in [-0.15, -0.1) is 11.3 Å². The van der Waals surface area contributed by atoms with Crippen LogP contribution >= 0.6 is 11.3 Å². The van der Waals surface area contributed by atoms with Gasteiger partial charge in [0.2, 0.25) is 5.91 Å². The van der Waals surface area contributed by atoms with Crippen molar-refractivity contribution >= 4 is 17.2 Å². The summed E-state index contributed by atoms with van der Waals surface area (Å²) < 4.78 is 0. The van der Waals surface area contributed by atoms with E-state index in [4.69, 9.17) is 0 Å². The Kier molecular flexibility index (Phi) is 4.73. The standard InChI is InChI=1S/C16H24N2OS/c19-16(13-15-7-4-12-20-15)18-10-8-17(9-11-18)14-5-2-1-3-6-14/h4,7,12,14H,1-3,5-6,8-11,13H2. The molecule has 20 heavy (non-hydrogen) atoms. The molecule has 2 fully saturated rings. The molecule has 0 bridgehead atoms. The summed E-state index contributed by atoms with van der Waals surface area (Å²) in [5, 5.41) is 2.05. The maximum Gasteiger partial charge on any atom is 0.227 e. The fraction of sp³-hybridized carbons (Fsp3) is 0.688. The van der Waals surface area contributed by atoms with Crippen molar-refractivity contribution in [1.29, 1.82) is 0 Å². The first-order valence-corrected chi connectivity index (χ1v) is 8.75. The number of amides is 1. The van der Waals surface area contributed by atoms with Gasteiger partial charge in [0.05, 0.1) is 6.42 Å². The van der Waals surface area contributed by atoms with Gasteiger partial charge in [-0.1, -0.05) is 25.3 Å². The number of carbonyl (C=O) groups is 1. The molecule has 3 nitrogen and oxygen atoms in total. The lowest BCUT2D eigenvalue weighted by molar-refractivity contribution is -0.132. The number of hydrogen-bond acceptors (Lipinski definition) is 3. The number of nitrogens with zero attached hydrogens (tertiary/aromatic N) is 2. The summed E-state index contributed by atoms with van der Waals surface area (Å²) in [5.74, 6) is 0.302. The summed E-state index contributed by atoms with van der Waals surface area (Å²) in [4.78, 5) is 18.1. The van der Waals surface area contributed by atoms with E-state index in [-0.39, 0.29) is 0 Å². The van der Waals surface area contributed by atoms with Gasteiger partial charge in [-0.2, -0.15) is 0 Å². The number of rotatable bonds is 3. The van der Waals surface area contributed by atoms with Crippen LogP contribution in [-0.4, -0.2) is 47.9 Å². The molecule has 2 heterocycles. The second-order valence-corrected chi connectivity index (χ2v) is 7.00. The van der Waals surface area contributed by atoms with E-state index in [2.05, 4.69) is 15.9 Å². The first-order valence-electron chi connectivity index (χ1n) is 7.87. The van der Waals surface area contributed by atoms with Gasteiger partial charge in [0.1, 0.15) is 0 Å². The van der Waals surface area contributed by atoms with Crippen LogP contribution in [0.5, 0.6) is 0 Å². The summed E-state index contributed by atoms with van der Waals surface area (Å²) in [6, 6.07) is 4.87. The van der Waals surface area contributed by atoms with Crippen LogP contribution in [0.1, 0.15) is 37.0 Å². The van der Waals surface area contributed by atoms with E-state index in [0.29, 0.717) is 12.3 Å². The molecule has 0 spiro atoms. The van der Waals surface area contributed by atoms with Crippen LogP contribution in [0.15, 0.2) is 17.5 Å². The monoisotopic (exact) mass is 292 g/mol. The number of carbonyl (C=O) groups excluding carboxylic acids is 1. The first-order chi connectivity index (χ1) is 9.83. The third-order valence-corrected chi connectivity index (χ3v) is 5.54. The lowest BCUT2D eigenvalue weighted by atomic mass is 9.94. The molecule has 0 N–H and O–H groups in total. The normalized spacial score (nSPS) is 22.1. The number of thiophene rings is 1. The molecule has 1 aliphatic carbocycles. The summed E-state index contributed by atoms with van der Waals surface area (Å²) in [6.45, 7) is 3.98. The van der Waals surface area contributed by atoms with Crippen LogP contribution in [0.25, 0.3) is 0 Å². The van der Waals surface area contributed by atoms with E-state index in [1.165, 1.54) is 37.0 Å². The first kappa shape index (κ1) is 14.1.